The van der Waals surface area contributed by atoms with Gasteiger partial charge in [-0.1, -0.05) is 6.07 Å². The summed E-state index contributed by atoms with van der Waals surface area (Å²) < 4.78 is 23.4. The third-order valence-electron chi connectivity index (χ3n) is 6.46. The van der Waals surface area contributed by atoms with E-state index in [1.54, 1.807) is 6.20 Å². The number of hydrogen-bond acceptors (Lipinski definition) is 7. The molecule has 0 saturated carbocycles. The second-order valence-corrected chi connectivity index (χ2v) is 10.6. The highest BCUT2D eigenvalue weighted by Crippen LogP contribution is 2.33. The fourth-order valence-electron chi connectivity index (χ4n) is 4.82. The SMILES string of the molecule is O=S1(=O)CCN(C2CCN(c3nc(-c4ccccn4)nc4c3CCC4)CC2)CC1. The molecular formula is C21H27N5O2S. The Morgan fingerprint density at radius 2 is 1.76 bits per heavy atom. The third kappa shape index (κ3) is 3.88. The van der Waals surface area contributed by atoms with Crippen molar-refractivity contribution in [3.8, 4) is 11.5 Å². The van der Waals surface area contributed by atoms with Gasteiger partial charge in [0.15, 0.2) is 15.7 Å². The Hall–Kier alpha value is -2.06. The van der Waals surface area contributed by atoms with Crippen molar-refractivity contribution in [3.63, 3.8) is 0 Å². The van der Waals surface area contributed by atoms with Crippen LogP contribution >= 0.6 is 0 Å². The van der Waals surface area contributed by atoms with E-state index in [9.17, 15) is 8.42 Å². The van der Waals surface area contributed by atoms with Gasteiger partial charge >= 0.3 is 0 Å². The zero-order chi connectivity index (χ0) is 19.8. The molecule has 7 nitrogen and oxygen atoms in total. The number of piperidine rings is 1. The summed E-state index contributed by atoms with van der Waals surface area (Å²) in [5, 5.41) is 0. The summed E-state index contributed by atoms with van der Waals surface area (Å²) in [4.78, 5) is 19.0. The van der Waals surface area contributed by atoms with E-state index in [0.717, 1.165) is 62.5 Å². The van der Waals surface area contributed by atoms with E-state index < -0.39 is 9.84 Å². The molecule has 0 aromatic carbocycles. The summed E-state index contributed by atoms with van der Waals surface area (Å²) in [6, 6.07) is 6.33. The average molecular weight is 414 g/mol. The normalized spacial score (nSPS) is 22.6. The molecule has 154 valence electrons. The molecule has 4 heterocycles. The van der Waals surface area contributed by atoms with Crippen LogP contribution in [0.2, 0.25) is 0 Å². The Kier molecular flexibility index (Phi) is 4.99. The minimum Gasteiger partial charge on any atom is -0.356 e. The molecule has 2 aliphatic heterocycles. The minimum atomic E-state index is -2.82. The highest BCUT2D eigenvalue weighted by molar-refractivity contribution is 7.91. The highest BCUT2D eigenvalue weighted by Gasteiger charge is 2.31. The number of rotatable bonds is 3. The second kappa shape index (κ2) is 7.65. The van der Waals surface area contributed by atoms with Gasteiger partial charge in [-0.3, -0.25) is 9.88 Å². The second-order valence-electron chi connectivity index (χ2n) is 8.27. The first-order valence-corrected chi connectivity index (χ1v) is 12.4. The molecule has 0 N–H and O–H groups in total. The van der Waals surface area contributed by atoms with Crippen LogP contribution < -0.4 is 4.90 Å². The van der Waals surface area contributed by atoms with Crippen molar-refractivity contribution in [1.29, 1.82) is 0 Å². The van der Waals surface area contributed by atoms with Crippen LogP contribution in [0.5, 0.6) is 0 Å². The van der Waals surface area contributed by atoms with Crippen LogP contribution in [0.15, 0.2) is 24.4 Å². The van der Waals surface area contributed by atoms with Crippen molar-refractivity contribution < 1.29 is 8.42 Å². The van der Waals surface area contributed by atoms with E-state index in [0.29, 0.717) is 30.6 Å². The number of fused-ring (bicyclic) bond motifs is 1. The lowest BCUT2D eigenvalue weighted by atomic mass is 10.0. The van der Waals surface area contributed by atoms with Crippen LogP contribution in [0.1, 0.15) is 30.5 Å². The van der Waals surface area contributed by atoms with Crippen molar-refractivity contribution in [2.75, 3.05) is 42.6 Å². The third-order valence-corrected chi connectivity index (χ3v) is 8.07. The standard InChI is InChI=1S/C21H27N5O2S/c27-29(28)14-12-25(13-15-29)16-7-10-26(11-8-16)21-17-4-3-6-18(17)23-20(24-21)19-5-1-2-9-22-19/h1-2,5,9,16H,3-4,6-8,10-15H2. The fourth-order valence-corrected chi connectivity index (χ4v) is 6.05. The topological polar surface area (TPSA) is 79.3 Å². The molecule has 1 aliphatic carbocycles. The highest BCUT2D eigenvalue weighted by atomic mass is 32.2. The van der Waals surface area contributed by atoms with E-state index in [1.807, 2.05) is 18.2 Å². The zero-order valence-electron chi connectivity index (χ0n) is 16.6. The van der Waals surface area contributed by atoms with Gasteiger partial charge in [0.05, 0.1) is 11.5 Å². The maximum atomic E-state index is 11.7. The quantitative estimate of drug-likeness (QED) is 0.758. The van der Waals surface area contributed by atoms with Gasteiger partial charge in [0.25, 0.3) is 0 Å². The molecule has 2 fully saturated rings. The molecule has 3 aliphatic rings. The van der Waals surface area contributed by atoms with Gasteiger partial charge in [-0.15, -0.1) is 0 Å². The zero-order valence-corrected chi connectivity index (χ0v) is 17.4. The van der Waals surface area contributed by atoms with Crippen LogP contribution in [0.3, 0.4) is 0 Å². The number of nitrogens with zero attached hydrogens (tertiary/aromatic N) is 5. The lowest BCUT2D eigenvalue weighted by molar-refractivity contribution is 0.182. The van der Waals surface area contributed by atoms with Crippen molar-refractivity contribution >= 4 is 15.7 Å². The molecule has 0 atom stereocenters. The van der Waals surface area contributed by atoms with Crippen LogP contribution in [0.4, 0.5) is 5.82 Å². The molecule has 0 amide bonds. The smallest absolute Gasteiger partial charge is 0.180 e. The van der Waals surface area contributed by atoms with E-state index in [-0.39, 0.29) is 0 Å². The maximum absolute atomic E-state index is 11.7. The first-order valence-electron chi connectivity index (χ1n) is 10.6. The van der Waals surface area contributed by atoms with E-state index in [4.69, 9.17) is 9.97 Å². The molecule has 8 heteroatoms. The summed E-state index contributed by atoms with van der Waals surface area (Å²) in [7, 11) is -2.82. The van der Waals surface area contributed by atoms with Gasteiger partial charge in [-0.25, -0.2) is 18.4 Å². The molecule has 0 bridgehead atoms. The summed E-state index contributed by atoms with van der Waals surface area (Å²) in [6.07, 6.45) is 7.10. The van der Waals surface area contributed by atoms with Gasteiger partial charge in [-0.05, 0) is 44.2 Å². The van der Waals surface area contributed by atoms with Crippen molar-refractivity contribution in [1.82, 2.24) is 19.9 Å². The van der Waals surface area contributed by atoms with Crippen LogP contribution in [0, 0.1) is 0 Å². The van der Waals surface area contributed by atoms with Crippen LogP contribution in [-0.2, 0) is 22.7 Å². The van der Waals surface area contributed by atoms with Crippen LogP contribution in [0.25, 0.3) is 11.5 Å². The number of aromatic nitrogens is 3. The summed E-state index contributed by atoms with van der Waals surface area (Å²) in [5.41, 5.74) is 3.32. The molecule has 2 saturated heterocycles. The summed E-state index contributed by atoms with van der Waals surface area (Å²) in [5.74, 6) is 2.43. The number of sulfone groups is 1. The molecule has 5 rings (SSSR count). The Morgan fingerprint density at radius 3 is 2.48 bits per heavy atom. The number of aryl methyl sites for hydroxylation is 1. The molecule has 2 aromatic heterocycles. The van der Waals surface area contributed by atoms with Gasteiger partial charge in [0.2, 0.25) is 0 Å². The maximum Gasteiger partial charge on any atom is 0.180 e. The van der Waals surface area contributed by atoms with Gasteiger partial charge in [0.1, 0.15) is 11.5 Å². The summed E-state index contributed by atoms with van der Waals surface area (Å²) >= 11 is 0. The first-order chi connectivity index (χ1) is 14.1. The predicted molar refractivity (Wildman–Crippen MR) is 113 cm³/mol. The van der Waals surface area contributed by atoms with Crippen molar-refractivity contribution in [3.05, 3.63) is 35.7 Å². The lowest BCUT2D eigenvalue weighted by Gasteiger charge is -2.40. The van der Waals surface area contributed by atoms with E-state index >= 15 is 0 Å². The molecule has 0 radical (unpaired) electrons. The monoisotopic (exact) mass is 413 g/mol. The number of pyridine rings is 1. The molecular weight excluding hydrogens is 386 g/mol. The molecule has 0 unspecified atom stereocenters. The van der Waals surface area contributed by atoms with Gasteiger partial charge in [-0.2, -0.15) is 0 Å². The van der Waals surface area contributed by atoms with Gasteiger partial charge in [0, 0.05) is 49.7 Å². The first kappa shape index (κ1) is 18.9. The summed E-state index contributed by atoms with van der Waals surface area (Å²) in [6.45, 7) is 3.28. The number of hydrogen-bond donors (Lipinski definition) is 0. The van der Waals surface area contributed by atoms with Crippen molar-refractivity contribution in [2.45, 2.75) is 38.1 Å². The van der Waals surface area contributed by atoms with E-state index in [2.05, 4.69) is 14.8 Å². The average Bonchev–Trinajstić information content (AvgIpc) is 3.23. The Labute approximate surface area is 172 Å². The molecule has 2 aromatic rings. The van der Waals surface area contributed by atoms with Gasteiger partial charge < -0.3 is 4.90 Å². The van der Waals surface area contributed by atoms with Crippen molar-refractivity contribution in [2.24, 2.45) is 0 Å². The Morgan fingerprint density at radius 1 is 0.966 bits per heavy atom. The molecule has 0 spiro atoms. The Balaban J connectivity index is 1.34. The van der Waals surface area contributed by atoms with Crippen LogP contribution in [-0.4, -0.2) is 72.0 Å². The lowest BCUT2D eigenvalue weighted by Crippen LogP contribution is -2.50. The van der Waals surface area contributed by atoms with E-state index in [1.165, 1.54) is 11.3 Å². The fraction of sp³-hybridized carbons (Fsp3) is 0.571. The largest absolute Gasteiger partial charge is 0.356 e. The minimum absolute atomic E-state index is 0.306. The molecule has 29 heavy (non-hydrogen) atoms. The predicted octanol–water partition coefficient (Wildman–Crippen LogP) is 1.73. The number of anilines is 1. The Bertz CT molecular complexity index is 974.